The van der Waals surface area contributed by atoms with Gasteiger partial charge in [-0.25, -0.2) is 0 Å². The van der Waals surface area contributed by atoms with E-state index in [9.17, 15) is 10.5 Å². The molecule has 4 rings (SSSR count). The zero-order valence-electron chi connectivity index (χ0n) is 9.34. The number of rotatable bonds is 0. The second-order valence-electron chi connectivity index (χ2n) is 6.42. The minimum absolute atomic E-state index is 0.324. The van der Waals surface area contributed by atoms with E-state index in [2.05, 4.69) is 12.1 Å². The fraction of sp³-hybridized carbons (Fsp3) is 0.857. The van der Waals surface area contributed by atoms with E-state index in [0.717, 1.165) is 23.7 Å². The largest absolute Gasteiger partial charge is 0.198 e. The van der Waals surface area contributed by atoms with Crippen molar-refractivity contribution >= 4 is 0 Å². The van der Waals surface area contributed by atoms with Gasteiger partial charge in [-0.15, -0.1) is 0 Å². The van der Waals surface area contributed by atoms with E-state index in [-0.39, 0.29) is 0 Å². The lowest BCUT2D eigenvalue weighted by molar-refractivity contribution is 0.104. The van der Waals surface area contributed by atoms with E-state index in [1.807, 2.05) is 0 Å². The van der Waals surface area contributed by atoms with Crippen molar-refractivity contribution in [3.05, 3.63) is 0 Å². The summed E-state index contributed by atoms with van der Waals surface area (Å²) in [6.07, 6.45) is 4.95. The van der Waals surface area contributed by atoms with Gasteiger partial charge in [0.2, 0.25) is 0 Å². The maximum atomic E-state index is 9.19. The zero-order valence-corrected chi connectivity index (χ0v) is 9.34. The molecule has 0 amide bonds. The highest BCUT2D eigenvalue weighted by molar-refractivity contribution is 5.17. The van der Waals surface area contributed by atoms with Gasteiger partial charge in [-0.05, 0) is 61.2 Å². The second kappa shape index (κ2) is 2.80. The van der Waals surface area contributed by atoms with Crippen LogP contribution in [-0.2, 0) is 0 Å². The summed E-state index contributed by atoms with van der Waals surface area (Å²) < 4.78 is 0. The Balaban J connectivity index is 1.70. The van der Waals surface area contributed by atoms with E-state index in [4.69, 9.17) is 0 Å². The Bertz CT molecular complexity index is 377. The van der Waals surface area contributed by atoms with Crippen molar-refractivity contribution in [2.45, 2.75) is 25.7 Å². The highest BCUT2D eigenvalue weighted by atomic mass is 14.7. The van der Waals surface area contributed by atoms with Crippen molar-refractivity contribution in [3.63, 3.8) is 0 Å². The third-order valence-electron chi connectivity index (χ3n) is 6.15. The van der Waals surface area contributed by atoms with Gasteiger partial charge < -0.3 is 0 Å². The topological polar surface area (TPSA) is 47.6 Å². The first-order chi connectivity index (χ1) is 7.83. The van der Waals surface area contributed by atoms with Gasteiger partial charge in [0.15, 0.2) is 0 Å². The Morgan fingerprint density at radius 3 is 1.62 bits per heavy atom. The number of hydrogen-bond acceptors (Lipinski definition) is 2. The van der Waals surface area contributed by atoms with E-state index < -0.39 is 0 Å². The molecule has 0 N–H and O–H groups in total. The lowest BCUT2D eigenvalue weighted by atomic mass is 9.65. The molecule has 2 nitrogen and oxygen atoms in total. The molecule has 4 aliphatic rings. The third-order valence-corrected chi connectivity index (χ3v) is 6.15. The highest BCUT2D eigenvalue weighted by Crippen LogP contribution is 2.69. The Labute approximate surface area is 96.2 Å². The maximum absolute atomic E-state index is 9.19. The van der Waals surface area contributed by atoms with Gasteiger partial charge >= 0.3 is 0 Å². The first-order valence-electron chi connectivity index (χ1n) is 6.62. The Hall–Kier alpha value is -1.02. The summed E-state index contributed by atoms with van der Waals surface area (Å²) in [4.78, 5) is 0. The zero-order chi connectivity index (χ0) is 10.9. The Morgan fingerprint density at radius 1 is 0.688 bits per heavy atom. The summed E-state index contributed by atoms with van der Waals surface area (Å²) in [6.45, 7) is 0. The van der Waals surface area contributed by atoms with Crippen molar-refractivity contribution < 1.29 is 0 Å². The van der Waals surface area contributed by atoms with Crippen LogP contribution < -0.4 is 0 Å². The van der Waals surface area contributed by atoms with Gasteiger partial charge in [0.25, 0.3) is 0 Å². The molecule has 0 aromatic carbocycles. The fourth-order valence-corrected chi connectivity index (χ4v) is 5.90. The standard InChI is InChI=1S/C14H16N2/c15-5-9-1-7-3-11(9)14-12-4-8(13(7)14)2-10(12)6-16/h7-14H,1-4H2. The molecular weight excluding hydrogens is 196 g/mol. The molecule has 6 atom stereocenters. The molecule has 0 spiro atoms. The molecule has 0 aromatic heterocycles. The van der Waals surface area contributed by atoms with E-state index in [0.29, 0.717) is 23.7 Å². The van der Waals surface area contributed by atoms with Crippen molar-refractivity contribution in [3.8, 4) is 12.1 Å². The predicted octanol–water partition coefficient (Wildman–Crippen LogP) is 2.58. The molecule has 4 saturated carbocycles. The molecule has 4 bridgehead atoms. The number of fused-ring (bicyclic) bond motifs is 9. The predicted molar refractivity (Wildman–Crippen MR) is 57.6 cm³/mol. The smallest absolute Gasteiger partial charge is 0.0658 e. The molecular formula is C14H16N2. The number of nitriles is 2. The van der Waals surface area contributed by atoms with Crippen molar-refractivity contribution in [1.29, 1.82) is 10.5 Å². The van der Waals surface area contributed by atoms with Crippen LogP contribution in [0.3, 0.4) is 0 Å². The third kappa shape index (κ3) is 0.844. The molecule has 0 heterocycles. The number of nitrogens with zero attached hydrogens (tertiary/aromatic N) is 2. The van der Waals surface area contributed by atoms with Crippen LogP contribution in [0.4, 0.5) is 0 Å². The summed E-state index contributed by atoms with van der Waals surface area (Å²) in [5.74, 6) is 5.31. The average Bonchev–Trinajstić information content (AvgIpc) is 3.03. The molecule has 2 heteroatoms. The average molecular weight is 212 g/mol. The van der Waals surface area contributed by atoms with Gasteiger partial charge in [0, 0.05) is 11.8 Å². The summed E-state index contributed by atoms with van der Waals surface area (Å²) >= 11 is 0. The molecule has 16 heavy (non-hydrogen) atoms. The second-order valence-corrected chi connectivity index (χ2v) is 6.42. The molecule has 0 radical (unpaired) electrons. The number of hydrogen-bond donors (Lipinski definition) is 0. The lowest BCUT2D eigenvalue weighted by Crippen LogP contribution is -2.35. The van der Waals surface area contributed by atoms with Crippen LogP contribution in [0.15, 0.2) is 0 Å². The summed E-state index contributed by atoms with van der Waals surface area (Å²) in [6, 6.07) is 5.03. The maximum Gasteiger partial charge on any atom is 0.0658 e. The molecule has 4 aliphatic carbocycles. The molecule has 0 saturated heterocycles. The van der Waals surface area contributed by atoms with Crippen LogP contribution in [0.2, 0.25) is 0 Å². The molecule has 0 aliphatic heterocycles. The van der Waals surface area contributed by atoms with Crippen LogP contribution in [0, 0.1) is 70.0 Å². The first-order valence-corrected chi connectivity index (χ1v) is 6.62. The van der Waals surface area contributed by atoms with Crippen LogP contribution in [-0.4, -0.2) is 0 Å². The monoisotopic (exact) mass is 212 g/mol. The SMILES string of the molecule is N#CC1CC2CC1C1C3CC(CC3C#N)C21. The van der Waals surface area contributed by atoms with Gasteiger partial charge in [-0.1, -0.05) is 0 Å². The van der Waals surface area contributed by atoms with Gasteiger partial charge in [-0.2, -0.15) is 10.5 Å². The molecule has 4 fully saturated rings. The minimum atomic E-state index is 0.324. The Morgan fingerprint density at radius 2 is 1.19 bits per heavy atom. The van der Waals surface area contributed by atoms with Gasteiger partial charge in [0.1, 0.15) is 0 Å². The van der Waals surface area contributed by atoms with Crippen LogP contribution in [0.5, 0.6) is 0 Å². The summed E-state index contributed by atoms with van der Waals surface area (Å²) in [7, 11) is 0. The Kier molecular flexibility index (Phi) is 1.59. The highest BCUT2D eigenvalue weighted by Gasteiger charge is 2.64. The van der Waals surface area contributed by atoms with E-state index in [1.54, 1.807) is 0 Å². The first kappa shape index (κ1) is 9.06. The van der Waals surface area contributed by atoms with E-state index in [1.165, 1.54) is 25.7 Å². The fourth-order valence-electron chi connectivity index (χ4n) is 5.90. The van der Waals surface area contributed by atoms with Crippen molar-refractivity contribution in [2.24, 2.45) is 47.3 Å². The van der Waals surface area contributed by atoms with Gasteiger partial charge in [-0.3, -0.25) is 0 Å². The molecule has 82 valence electrons. The van der Waals surface area contributed by atoms with E-state index >= 15 is 0 Å². The molecule has 6 unspecified atom stereocenters. The summed E-state index contributed by atoms with van der Waals surface area (Å²) in [5, 5.41) is 18.4. The van der Waals surface area contributed by atoms with Gasteiger partial charge in [0.05, 0.1) is 12.1 Å². The quantitative estimate of drug-likeness (QED) is 0.579. The van der Waals surface area contributed by atoms with Crippen molar-refractivity contribution in [2.75, 3.05) is 0 Å². The van der Waals surface area contributed by atoms with Crippen molar-refractivity contribution in [1.82, 2.24) is 0 Å². The minimum Gasteiger partial charge on any atom is -0.198 e. The molecule has 0 aromatic rings. The summed E-state index contributed by atoms with van der Waals surface area (Å²) in [5.41, 5.74) is 0. The van der Waals surface area contributed by atoms with Crippen LogP contribution in [0.25, 0.3) is 0 Å². The normalized spacial score (nSPS) is 60.6. The van der Waals surface area contributed by atoms with Crippen LogP contribution >= 0.6 is 0 Å². The van der Waals surface area contributed by atoms with Crippen LogP contribution in [0.1, 0.15) is 25.7 Å². The lowest BCUT2D eigenvalue weighted by Gasteiger charge is -2.38.